The molecule has 1 aromatic carbocycles. The molecule has 4 aromatic heterocycles. The number of carbonyl (C=O) groups is 1. The van der Waals surface area contributed by atoms with Crippen LogP contribution in [0.5, 0.6) is 0 Å². The van der Waals surface area contributed by atoms with Gasteiger partial charge in [0.2, 0.25) is 0 Å². The van der Waals surface area contributed by atoms with Gasteiger partial charge in [-0.05, 0) is 51.1 Å². The molecule has 0 spiro atoms. The molecule has 0 aliphatic rings. The van der Waals surface area contributed by atoms with Gasteiger partial charge >= 0.3 is 6.09 Å². The molecule has 5 rings (SSSR count). The van der Waals surface area contributed by atoms with E-state index in [1.54, 1.807) is 12.3 Å². The second kappa shape index (κ2) is 8.81. The zero-order valence-electron chi connectivity index (χ0n) is 20.0. The van der Waals surface area contributed by atoms with Gasteiger partial charge in [0, 0.05) is 71.5 Å². The monoisotopic (exact) mass is 491 g/mol. The third kappa shape index (κ3) is 4.64. The van der Waals surface area contributed by atoms with Gasteiger partial charge in [-0.2, -0.15) is 0 Å². The number of hydrogen-bond acceptors (Lipinski definition) is 5. The van der Waals surface area contributed by atoms with E-state index < -0.39 is 11.7 Å². The number of amides is 1. The number of benzene rings is 1. The summed E-state index contributed by atoms with van der Waals surface area (Å²) in [7, 11) is 1.97. The molecule has 1 N–H and O–H groups in total. The first-order valence-corrected chi connectivity index (χ1v) is 12.2. The Balaban J connectivity index is 1.46. The third-order valence-electron chi connectivity index (χ3n) is 5.61. The van der Waals surface area contributed by atoms with Crippen molar-refractivity contribution < 1.29 is 13.9 Å². The maximum atomic E-state index is 14.2. The number of alkyl carbamates (subject to hydrolysis) is 1. The van der Waals surface area contributed by atoms with Crippen LogP contribution in [0.15, 0.2) is 54.3 Å². The lowest BCUT2D eigenvalue weighted by molar-refractivity contribution is 0.0526. The number of aryl methyl sites for hydroxylation is 1. The van der Waals surface area contributed by atoms with Crippen molar-refractivity contribution in [3.8, 4) is 21.8 Å². The predicted molar refractivity (Wildman–Crippen MR) is 137 cm³/mol. The van der Waals surface area contributed by atoms with Crippen LogP contribution in [0.4, 0.5) is 9.18 Å². The van der Waals surface area contributed by atoms with Crippen molar-refractivity contribution in [2.24, 2.45) is 7.05 Å². The zero-order valence-corrected chi connectivity index (χ0v) is 20.8. The van der Waals surface area contributed by atoms with Crippen LogP contribution in [-0.4, -0.2) is 37.3 Å². The summed E-state index contributed by atoms with van der Waals surface area (Å²) in [5.41, 5.74) is 3.93. The fourth-order valence-corrected chi connectivity index (χ4v) is 5.00. The fourth-order valence-electron chi connectivity index (χ4n) is 4.16. The zero-order chi connectivity index (χ0) is 24.7. The van der Waals surface area contributed by atoms with Gasteiger partial charge in [-0.15, -0.1) is 11.3 Å². The summed E-state index contributed by atoms with van der Waals surface area (Å²) in [4.78, 5) is 21.4. The third-order valence-corrected chi connectivity index (χ3v) is 6.48. The molecule has 4 heterocycles. The molecule has 1 amide bonds. The standard InChI is InChI=1S/C26H26FN5O2S/c1-26(2,3)34-25(33)29-10-11-32-14-20(18-12-16(27)7-8-22(18)32)24-30-21(15-35-24)19-13-31(4)23-17(19)6-5-9-28-23/h5-9,12-15H,10-11H2,1-4H3,(H,29,33). The lowest BCUT2D eigenvalue weighted by atomic mass is 10.1. The van der Waals surface area contributed by atoms with Crippen molar-refractivity contribution in [1.82, 2.24) is 24.4 Å². The van der Waals surface area contributed by atoms with E-state index >= 15 is 0 Å². The lowest BCUT2D eigenvalue weighted by Gasteiger charge is -2.19. The predicted octanol–water partition coefficient (Wildman–Crippen LogP) is 5.98. The highest BCUT2D eigenvalue weighted by Gasteiger charge is 2.18. The minimum Gasteiger partial charge on any atom is -0.444 e. The van der Waals surface area contributed by atoms with Crippen molar-refractivity contribution in [2.75, 3.05) is 6.54 Å². The average molecular weight is 492 g/mol. The van der Waals surface area contributed by atoms with Gasteiger partial charge in [0.25, 0.3) is 0 Å². The summed E-state index contributed by atoms with van der Waals surface area (Å²) in [5.74, 6) is -0.305. The smallest absolute Gasteiger partial charge is 0.407 e. The van der Waals surface area contributed by atoms with Crippen LogP contribution in [0.2, 0.25) is 0 Å². The summed E-state index contributed by atoms with van der Waals surface area (Å²) < 4.78 is 23.5. The molecule has 0 atom stereocenters. The van der Waals surface area contributed by atoms with Gasteiger partial charge in [0.1, 0.15) is 22.1 Å². The quantitative estimate of drug-likeness (QED) is 0.328. The number of rotatable bonds is 5. The molecule has 0 fully saturated rings. The first kappa shape index (κ1) is 23.0. The van der Waals surface area contributed by atoms with Crippen LogP contribution < -0.4 is 5.32 Å². The van der Waals surface area contributed by atoms with Crippen molar-refractivity contribution in [3.05, 3.63) is 60.1 Å². The second-order valence-electron chi connectivity index (χ2n) is 9.39. The molecule has 180 valence electrons. The molecular formula is C26H26FN5O2S. The lowest BCUT2D eigenvalue weighted by Crippen LogP contribution is -2.34. The van der Waals surface area contributed by atoms with E-state index in [-0.39, 0.29) is 5.82 Å². The number of nitrogens with zero attached hydrogens (tertiary/aromatic N) is 4. The van der Waals surface area contributed by atoms with Crippen LogP contribution in [0, 0.1) is 5.82 Å². The van der Waals surface area contributed by atoms with Gasteiger partial charge in [-0.25, -0.2) is 19.2 Å². The highest BCUT2D eigenvalue weighted by Crippen LogP contribution is 2.37. The summed E-state index contributed by atoms with van der Waals surface area (Å²) in [6, 6.07) is 8.69. The van der Waals surface area contributed by atoms with Crippen molar-refractivity contribution in [3.63, 3.8) is 0 Å². The van der Waals surface area contributed by atoms with E-state index in [2.05, 4.69) is 10.3 Å². The topological polar surface area (TPSA) is 74.0 Å². The fraction of sp³-hybridized carbons (Fsp3) is 0.269. The Morgan fingerprint density at radius 1 is 1.17 bits per heavy atom. The van der Waals surface area contributed by atoms with Gasteiger partial charge < -0.3 is 19.2 Å². The van der Waals surface area contributed by atoms with Crippen LogP contribution >= 0.6 is 11.3 Å². The van der Waals surface area contributed by atoms with Gasteiger partial charge in [0.05, 0.1) is 5.69 Å². The summed E-state index contributed by atoms with van der Waals surface area (Å²) in [5, 5.41) is 7.42. The Morgan fingerprint density at radius 2 is 2.00 bits per heavy atom. The maximum Gasteiger partial charge on any atom is 0.407 e. The number of nitrogens with one attached hydrogen (secondary N) is 1. The summed E-state index contributed by atoms with van der Waals surface area (Å²) in [6.45, 7) is 6.36. The van der Waals surface area contributed by atoms with Crippen LogP contribution in [0.25, 0.3) is 43.8 Å². The normalized spacial score (nSPS) is 11.9. The van der Waals surface area contributed by atoms with Crippen LogP contribution in [0.1, 0.15) is 20.8 Å². The Bertz CT molecular complexity index is 1540. The Morgan fingerprint density at radius 3 is 2.80 bits per heavy atom. The number of thiazole rings is 1. The van der Waals surface area contributed by atoms with Crippen LogP contribution in [-0.2, 0) is 18.3 Å². The van der Waals surface area contributed by atoms with Crippen molar-refractivity contribution >= 4 is 39.4 Å². The number of hydrogen-bond donors (Lipinski definition) is 1. The number of fused-ring (bicyclic) bond motifs is 2. The Labute approximate surface area is 206 Å². The number of pyridine rings is 1. The minimum absolute atomic E-state index is 0.305. The molecule has 5 aromatic rings. The Kier molecular flexibility index (Phi) is 5.80. The summed E-state index contributed by atoms with van der Waals surface area (Å²) in [6.07, 6.45) is 5.31. The number of aromatic nitrogens is 4. The van der Waals surface area contributed by atoms with E-state index in [0.29, 0.717) is 13.1 Å². The van der Waals surface area contributed by atoms with E-state index in [1.165, 1.54) is 23.5 Å². The molecule has 0 saturated heterocycles. The molecule has 0 aliphatic heterocycles. The van der Waals surface area contributed by atoms with Gasteiger partial charge in [-0.1, -0.05) is 0 Å². The van der Waals surface area contributed by atoms with Gasteiger partial charge in [0.15, 0.2) is 0 Å². The minimum atomic E-state index is -0.558. The number of halogens is 1. The largest absolute Gasteiger partial charge is 0.444 e. The summed E-state index contributed by atoms with van der Waals surface area (Å²) >= 11 is 1.52. The van der Waals surface area contributed by atoms with E-state index in [0.717, 1.165) is 43.8 Å². The second-order valence-corrected chi connectivity index (χ2v) is 10.3. The molecular weight excluding hydrogens is 465 g/mol. The highest BCUT2D eigenvalue weighted by atomic mass is 32.1. The number of ether oxygens (including phenoxy) is 1. The van der Waals surface area contributed by atoms with Crippen molar-refractivity contribution in [2.45, 2.75) is 32.9 Å². The maximum absolute atomic E-state index is 14.2. The number of carbonyl (C=O) groups excluding carboxylic acids is 1. The average Bonchev–Trinajstić information content (AvgIpc) is 3.49. The molecule has 0 radical (unpaired) electrons. The highest BCUT2D eigenvalue weighted by molar-refractivity contribution is 7.13. The van der Waals surface area contributed by atoms with E-state index in [1.807, 2.05) is 66.9 Å². The van der Waals surface area contributed by atoms with Crippen molar-refractivity contribution in [1.29, 1.82) is 0 Å². The molecule has 7 nitrogen and oxygen atoms in total. The molecule has 35 heavy (non-hydrogen) atoms. The molecule has 0 aliphatic carbocycles. The molecule has 0 bridgehead atoms. The SMILES string of the molecule is Cn1cc(-c2csc(-c3cn(CCNC(=O)OC(C)(C)C)c4ccc(F)cc34)n2)c2cccnc21. The first-order valence-electron chi connectivity index (χ1n) is 11.3. The van der Waals surface area contributed by atoms with E-state index in [9.17, 15) is 9.18 Å². The molecule has 0 unspecified atom stereocenters. The first-order chi connectivity index (χ1) is 16.7. The van der Waals surface area contributed by atoms with E-state index in [4.69, 9.17) is 9.72 Å². The Hall–Kier alpha value is -3.72. The van der Waals surface area contributed by atoms with Gasteiger partial charge in [-0.3, -0.25) is 0 Å². The molecule has 0 saturated carbocycles. The molecule has 9 heteroatoms. The van der Waals surface area contributed by atoms with Crippen LogP contribution in [0.3, 0.4) is 0 Å².